The van der Waals surface area contributed by atoms with E-state index in [1.807, 2.05) is 61.4 Å². The molecular formula is C37H34F3N7O. The Morgan fingerprint density at radius 3 is 2.50 bits per heavy atom. The van der Waals surface area contributed by atoms with Gasteiger partial charge in [0.2, 0.25) is 0 Å². The van der Waals surface area contributed by atoms with Crippen LogP contribution in [0.5, 0.6) is 0 Å². The van der Waals surface area contributed by atoms with Gasteiger partial charge in [0.05, 0.1) is 33.5 Å². The number of alkyl halides is 3. The second-order valence-corrected chi connectivity index (χ2v) is 12.1. The molecule has 2 aliphatic rings. The van der Waals surface area contributed by atoms with Crippen LogP contribution < -0.4 is 5.32 Å². The molecule has 1 aromatic carbocycles. The van der Waals surface area contributed by atoms with Crippen molar-refractivity contribution in [2.75, 3.05) is 45.6 Å². The molecule has 1 amide bonds. The standard InChI is InChI=1S/C37H34F3N7O/c1-24-27(20-42-34-12-11-33(44-35(24)34)29-6-5-13-46(4)22-29)8-7-26-18-30(21-41-25(26)2)36(48)43-31-10-9-28(32(19-31)37(38,39)40)23-47-16-14-45(3)15-17-47/h6,9-13,18-22H,14-17,23H2,1-4H3,(H,43,48). The average Bonchev–Trinajstić information content (AvgIpc) is 3.06. The van der Waals surface area contributed by atoms with Crippen molar-refractivity contribution >= 4 is 28.2 Å². The van der Waals surface area contributed by atoms with Gasteiger partial charge >= 0.3 is 6.18 Å². The number of aromatic nitrogens is 3. The second kappa shape index (κ2) is 13.5. The number of piperazine rings is 1. The first-order valence-electron chi connectivity index (χ1n) is 15.5. The molecule has 0 saturated carbocycles. The number of hydrogen-bond acceptors (Lipinski definition) is 7. The van der Waals surface area contributed by atoms with Crippen molar-refractivity contribution in [2.24, 2.45) is 0 Å². The van der Waals surface area contributed by atoms with Crippen LogP contribution in [0.3, 0.4) is 0 Å². The Kier molecular flexibility index (Phi) is 9.16. The maximum atomic E-state index is 14.1. The molecule has 1 N–H and O–H groups in total. The number of benzene rings is 1. The lowest BCUT2D eigenvalue weighted by molar-refractivity contribution is -0.138. The molecule has 0 bridgehead atoms. The maximum absolute atomic E-state index is 14.1. The molecular weight excluding hydrogens is 615 g/mol. The van der Waals surface area contributed by atoms with E-state index in [0.717, 1.165) is 47.0 Å². The van der Waals surface area contributed by atoms with E-state index in [0.29, 0.717) is 29.9 Å². The summed E-state index contributed by atoms with van der Waals surface area (Å²) >= 11 is 0. The molecule has 0 aliphatic carbocycles. The highest BCUT2D eigenvalue weighted by Crippen LogP contribution is 2.35. The number of aryl methyl sites for hydroxylation is 2. The van der Waals surface area contributed by atoms with Gasteiger partial charge in [-0.05, 0) is 68.4 Å². The Morgan fingerprint density at radius 2 is 1.75 bits per heavy atom. The highest BCUT2D eigenvalue weighted by Gasteiger charge is 2.34. The number of carbonyl (C=O) groups excluding carboxylic acids is 1. The van der Waals surface area contributed by atoms with Crippen LogP contribution in [0.4, 0.5) is 18.9 Å². The van der Waals surface area contributed by atoms with Crippen molar-refractivity contribution in [2.45, 2.75) is 26.6 Å². The molecule has 6 rings (SSSR count). The van der Waals surface area contributed by atoms with Gasteiger partial charge in [-0.15, -0.1) is 5.73 Å². The zero-order chi connectivity index (χ0) is 34.0. The fraction of sp³-hybridized carbons (Fsp3) is 0.270. The largest absolute Gasteiger partial charge is 0.416 e. The van der Waals surface area contributed by atoms with E-state index in [2.05, 4.69) is 37.8 Å². The Hall–Kier alpha value is -5.27. The number of rotatable bonds is 5. The van der Waals surface area contributed by atoms with Gasteiger partial charge in [0.1, 0.15) is 0 Å². The molecule has 1 saturated heterocycles. The zero-order valence-corrected chi connectivity index (χ0v) is 27.1. The van der Waals surface area contributed by atoms with Gasteiger partial charge in [-0.1, -0.05) is 17.9 Å². The molecule has 5 heterocycles. The van der Waals surface area contributed by atoms with Crippen LogP contribution in [-0.2, 0) is 12.7 Å². The van der Waals surface area contributed by atoms with Crippen molar-refractivity contribution in [3.05, 3.63) is 118 Å². The van der Waals surface area contributed by atoms with Crippen LogP contribution in [0.2, 0.25) is 0 Å². The van der Waals surface area contributed by atoms with Crippen LogP contribution >= 0.6 is 0 Å². The predicted octanol–water partition coefficient (Wildman–Crippen LogP) is 6.02. The Morgan fingerprint density at radius 1 is 0.979 bits per heavy atom. The van der Waals surface area contributed by atoms with Crippen LogP contribution in [-0.4, -0.2) is 75.8 Å². The molecule has 0 spiro atoms. The van der Waals surface area contributed by atoms with Crippen molar-refractivity contribution < 1.29 is 18.0 Å². The lowest BCUT2D eigenvalue weighted by Crippen LogP contribution is -2.44. The summed E-state index contributed by atoms with van der Waals surface area (Å²) in [5.74, 6) is 5.66. The molecule has 2 aliphatic heterocycles. The summed E-state index contributed by atoms with van der Waals surface area (Å²) in [6, 6.07) is 9.37. The second-order valence-electron chi connectivity index (χ2n) is 12.1. The van der Waals surface area contributed by atoms with E-state index in [-0.39, 0.29) is 23.4 Å². The Balaban J connectivity index is 1.22. The maximum Gasteiger partial charge on any atom is 0.416 e. The number of likely N-dealkylation sites (N-methyl/N-ethyl adjacent to an activating group) is 1. The molecule has 8 nitrogen and oxygen atoms in total. The topological polar surface area (TPSA) is 77.5 Å². The van der Waals surface area contributed by atoms with Crippen molar-refractivity contribution in [1.82, 2.24) is 29.7 Å². The highest BCUT2D eigenvalue weighted by molar-refractivity contribution is 6.04. The van der Waals surface area contributed by atoms with Gasteiger partial charge in [0.25, 0.3) is 5.91 Å². The lowest BCUT2D eigenvalue weighted by atomic mass is 10.0. The number of halogens is 3. The summed E-state index contributed by atoms with van der Waals surface area (Å²) in [5, 5.41) is 2.61. The van der Waals surface area contributed by atoms with Crippen molar-refractivity contribution in [3.8, 4) is 11.8 Å². The Labute approximate surface area is 277 Å². The molecule has 11 heteroatoms. The third kappa shape index (κ3) is 7.32. The lowest BCUT2D eigenvalue weighted by Gasteiger charge is -2.33. The van der Waals surface area contributed by atoms with Crippen LogP contribution in [0.15, 0.2) is 73.0 Å². The number of nitrogens with zero attached hydrogens (tertiary/aromatic N) is 6. The molecule has 0 radical (unpaired) electrons. The van der Waals surface area contributed by atoms with Crippen LogP contribution in [0, 0.1) is 25.7 Å². The molecule has 0 unspecified atom stereocenters. The van der Waals surface area contributed by atoms with Gasteiger partial charge in [-0.3, -0.25) is 19.7 Å². The first-order chi connectivity index (χ1) is 22.9. The number of nitrogens with one attached hydrogen (secondary N) is 1. The molecule has 48 heavy (non-hydrogen) atoms. The summed E-state index contributed by atoms with van der Waals surface area (Å²) in [5.41, 5.74) is 8.55. The van der Waals surface area contributed by atoms with E-state index >= 15 is 0 Å². The van der Waals surface area contributed by atoms with Crippen molar-refractivity contribution in [1.29, 1.82) is 0 Å². The third-order valence-electron chi connectivity index (χ3n) is 8.47. The quantitative estimate of drug-likeness (QED) is 0.210. The minimum absolute atomic E-state index is 0.0505. The van der Waals surface area contributed by atoms with E-state index in [4.69, 9.17) is 4.98 Å². The first-order valence-corrected chi connectivity index (χ1v) is 15.5. The number of amides is 1. The molecule has 0 atom stereocenters. The fourth-order valence-electron chi connectivity index (χ4n) is 5.58. The minimum atomic E-state index is -4.57. The highest BCUT2D eigenvalue weighted by atomic mass is 19.4. The number of anilines is 1. The molecule has 1 fully saturated rings. The number of fused-ring (bicyclic) bond motifs is 1. The van der Waals surface area contributed by atoms with Crippen LogP contribution in [0.1, 0.15) is 49.6 Å². The summed E-state index contributed by atoms with van der Waals surface area (Å²) < 4.78 is 42.2. The number of hydrogen-bond donors (Lipinski definition) is 1. The van der Waals surface area contributed by atoms with Gasteiger partial charge < -0.3 is 15.1 Å². The van der Waals surface area contributed by atoms with E-state index in [9.17, 15) is 18.0 Å². The zero-order valence-electron chi connectivity index (χ0n) is 27.1. The van der Waals surface area contributed by atoms with Gasteiger partial charge in [-0.25, -0.2) is 4.98 Å². The number of allylic oxidation sites excluding steroid dienone is 2. The SMILES string of the molecule is Cc1ncc(C(=O)Nc2ccc(CN3CCN(C)CC3)c(C(F)(F)F)c2)cc1C#Cc1cnc2ccc(C3=CN(C)C=C=C3)nc2c1C. The summed E-state index contributed by atoms with van der Waals surface area (Å²) in [7, 11) is 3.92. The average molecular weight is 650 g/mol. The fourth-order valence-corrected chi connectivity index (χ4v) is 5.58. The minimum Gasteiger partial charge on any atom is -0.350 e. The molecule has 4 aromatic rings. The first kappa shape index (κ1) is 32.7. The predicted molar refractivity (Wildman–Crippen MR) is 180 cm³/mol. The van der Waals surface area contributed by atoms with E-state index in [1.165, 1.54) is 18.3 Å². The summed E-state index contributed by atoms with van der Waals surface area (Å²) in [6.45, 7) is 6.89. The smallest absolute Gasteiger partial charge is 0.350 e. The third-order valence-corrected chi connectivity index (χ3v) is 8.47. The number of pyridine rings is 3. The van der Waals surface area contributed by atoms with Gasteiger partial charge in [0.15, 0.2) is 0 Å². The van der Waals surface area contributed by atoms with E-state index < -0.39 is 17.6 Å². The normalized spacial score (nSPS) is 15.3. The molecule has 244 valence electrons. The monoisotopic (exact) mass is 649 g/mol. The van der Waals surface area contributed by atoms with Gasteiger partial charge in [-0.2, -0.15) is 13.2 Å². The van der Waals surface area contributed by atoms with Crippen LogP contribution in [0.25, 0.3) is 16.6 Å². The summed E-state index contributed by atoms with van der Waals surface area (Å²) in [6.07, 6.45) is 4.18. The summed E-state index contributed by atoms with van der Waals surface area (Å²) in [4.78, 5) is 33.0. The Bertz CT molecular complexity index is 2060. The van der Waals surface area contributed by atoms with E-state index in [1.54, 1.807) is 19.2 Å². The molecule has 3 aromatic heterocycles. The van der Waals surface area contributed by atoms with Crippen molar-refractivity contribution in [3.63, 3.8) is 0 Å². The van der Waals surface area contributed by atoms with Gasteiger partial charge in [0, 0.05) is 87.0 Å². The number of carbonyl (C=O) groups is 1.